The molecule has 2 aliphatic rings. The molecule has 0 atom stereocenters. The first kappa shape index (κ1) is 25.4. The number of sulfonamides is 1. The minimum absolute atomic E-state index is 0.0236. The molecule has 4 rings (SSSR count). The Balaban J connectivity index is 1.32. The van der Waals surface area contributed by atoms with Crippen molar-refractivity contribution in [2.24, 2.45) is 0 Å². The van der Waals surface area contributed by atoms with E-state index in [-0.39, 0.29) is 18.0 Å². The summed E-state index contributed by atoms with van der Waals surface area (Å²) in [6.45, 7) is 1.11. The van der Waals surface area contributed by atoms with Crippen molar-refractivity contribution in [2.75, 3.05) is 26.2 Å². The number of nitrogens with zero attached hydrogens (tertiary/aromatic N) is 2. The third kappa shape index (κ3) is 5.95. The number of piperidine rings is 1. The van der Waals surface area contributed by atoms with Crippen LogP contribution in [0.5, 0.6) is 0 Å². The molecule has 35 heavy (non-hydrogen) atoms. The Morgan fingerprint density at radius 1 is 1.00 bits per heavy atom. The first-order chi connectivity index (χ1) is 16.8. The summed E-state index contributed by atoms with van der Waals surface area (Å²) in [5.74, 6) is -0.841. The Morgan fingerprint density at radius 2 is 1.66 bits per heavy atom. The number of halogens is 1. The highest BCUT2D eigenvalue weighted by atomic mass is 35.5. The Morgan fingerprint density at radius 3 is 2.31 bits per heavy atom. The molecular formula is C24H24ClN3O5S2. The van der Waals surface area contributed by atoms with Gasteiger partial charge in [0, 0.05) is 36.8 Å². The lowest BCUT2D eigenvalue weighted by molar-refractivity contribution is -0.122. The molecule has 2 fully saturated rings. The lowest BCUT2D eigenvalue weighted by Gasteiger charge is -2.25. The summed E-state index contributed by atoms with van der Waals surface area (Å²) >= 11 is 6.72. The molecular weight excluding hydrogens is 510 g/mol. The molecule has 0 aromatic heterocycles. The van der Waals surface area contributed by atoms with Gasteiger partial charge in [0.25, 0.3) is 17.1 Å². The maximum Gasteiger partial charge on any atom is 0.293 e. The summed E-state index contributed by atoms with van der Waals surface area (Å²) in [6, 6.07) is 12.7. The largest absolute Gasteiger partial charge is 0.350 e. The minimum Gasteiger partial charge on any atom is -0.350 e. The zero-order chi connectivity index (χ0) is 25.0. The van der Waals surface area contributed by atoms with Gasteiger partial charge >= 0.3 is 0 Å². The second-order valence-electron chi connectivity index (χ2n) is 8.13. The van der Waals surface area contributed by atoms with Crippen LogP contribution in [-0.4, -0.2) is 60.9 Å². The Hall–Kier alpha value is -2.66. The summed E-state index contributed by atoms with van der Waals surface area (Å²) in [5.41, 5.74) is 1.04. The van der Waals surface area contributed by atoms with E-state index in [1.54, 1.807) is 30.3 Å². The fourth-order valence-corrected chi connectivity index (χ4v) is 6.33. The molecule has 0 aliphatic carbocycles. The van der Waals surface area contributed by atoms with Crippen molar-refractivity contribution in [1.82, 2.24) is 14.5 Å². The molecule has 2 heterocycles. The lowest BCUT2D eigenvalue weighted by atomic mass is 10.2. The Bertz CT molecular complexity index is 1260. The number of carbonyl (C=O) groups excluding carboxylic acids is 3. The molecule has 2 aromatic carbocycles. The van der Waals surface area contributed by atoms with Crippen LogP contribution >= 0.6 is 23.4 Å². The van der Waals surface area contributed by atoms with Crippen LogP contribution in [-0.2, 0) is 14.8 Å². The monoisotopic (exact) mass is 533 g/mol. The number of hydrogen-bond donors (Lipinski definition) is 1. The van der Waals surface area contributed by atoms with E-state index in [0.717, 1.165) is 41.5 Å². The van der Waals surface area contributed by atoms with E-state index in [1.165, 1.54) is 28.6 Å². The summed E-state index contributed by atoms with van der Waals surface area (Å²) in [4.78, 5) is 38.9. The van der Waals surface area contributed by atoms with Gasteiger partial charge < -0.3 is 5.32 Å². The maximum absolute atomic E-state index is 12.7. The minimum atomic E-state index is -3.57. The molecule has 2 aromatic rings. The summed E-state index contributed by atoms with van der Waals surface area (Å²) < 4.78 is 27.0. The van der Waals surface area contributed by atoms with Gasteiger partial charge in [-0.3, -0.25) is 19.3 Å². The number of thioether (sulfide) groups is 1. The quantitative estimate of drug-likeness (QED) is 0.540. The van der Waals surface area contributed by atoms with E-state index in [9.17, 15) is 22.8 Å². The van der Waals surface area contributed by atoms with Crippen LogP contribution in [0.15, 0.2) is 58.3 Å². The van der Waals surface area contributed by atoms with Gasteiger partial charge in [0.1, 0.15) is 0 Å². The topological polar surface area (TPSA) is 104 Å². The van der Waals surface area contributed by atoms with E-state index in [4.69, 9.17) is 11.6 Å². The average molecular weight is 534 g/mol. The highest BCUT2D eigenvalue weighted by molar-refractivity contribution is 8.18. The molecule has 2 aliphatic heterocycles. The second kappa shape index (κ2) is 10.9. The first-order valence-corrected chi connectivity index (χ1v) is 13.8. The molecule has 2 saturated heterocycles. The van der Waals surface area contributed by atoms with E-state index < -0.39 is 27.1 Å². The molecule has 11 heteroatoms. The zero-order valence-corrected chi connectivity index (χ0v) is 21.2. The number of amides is 3. The number of rotatable bonds is 7. The van der Waals surface area contributed by atoms with Crippen LogP contribution in [0.3, 0.4) is 0 Å². The van der Waals surface area contributed by atoms with Gasteiger partial charge in [-0.15, -0.1) is 0 Å². The van der Waals surface area contributed by atoms with Crippen LogP contribution in [0.4, 0.5) is 4.79 Å². The van der Waals surface area contributed by atoms with Gasteiger partial charge in [0.15, 0.2) is 0 Å². The van der Waals surface area contributed by atoms with Crippen molar-refractivity contribution in [3.8, 4) is 0 Å². The maximum atomic E-state index is 12.7. The fraction of sp³-hybridized carbons (Fsp3) is 0.292. The van der Waals surface area contributed by atoms with E-state index >= 15 is 0 Å². The number of carbonyl (C=O) groups is 3. The number of hydrogen-bond acceptors (Lipinski definition) is 6. The lowest BCUT2D eigenvalue weighted by Crippen LogP contribution is -2.37. The zero-order valence-electron chi connectivity index (χ0n) is 18.8. The van der Waals surface area contributed by atoms with Gasteiger partial charge in [-0.25, -0.2) is 8.42 Å². The van der Waals surface area contributed by atoms with Gasteiger partial charge in [0.2, 0.25) is 10.0 Å². The van der Waals surface area contributed by atoms with Crippen molar-refractivity contribution >= 4 is 56.5 Å². The SMILES string of the molecule is O=C(NCCN1C(=O)S/C(=C\c2ccc(Cl)cc2)C1=O)c1ccc(S(=O)(=O)N2CCCCC2)cc1. The molecule has 0 saturated carbocycles. The number of benzene rings is 2. The highest BCUT2D eigenvalue weighted by Gasteiger charge is 2.34. The summed E-state index contributed by atoms with van der Waals surface area (Å²) in [5, 5.41) is 2.84. The molecule has 0 bridgehead atoms. The third-order valence-electron chi connectivity index (χ3n) is 5.73. The van der Waals surface area contributed by atoms with Crippen molar-refractivity contribution < 1.29 is 22.8 Å². The van der Waals surface area contributed by atoms with E-state index in [2.05, 4.69) is 5.32 Å². The standard InChI is InChI=1S/C24H24ClN3O5S2/c25-19-8-4-17(5-9-19)16-21-23(30)28(24(31)34-21)15-12-26-22(29)18-6-10-20(11-7-18)35(32,33)27-13-2-1-3-14-27/h4-11,16H,1-3,12-15H2,(H,26,29)/b21-16-. The molecule has 0 spiro atoms. The Labute approximate surface area is 213 Å². The molecule has 1 N–H and O–H groups in total. The second-order valence-corrected chi connectivity index (χ2v) is 11.5. The van der Waals surface area contributed by atoms with E-state index in [1.807, 2.05) is 0 Å². The smallest absolute Gasteiger partial charge is 0.293 e. The van der Waals surface area contributed by atoms with Crippen molar-refractivity contribution in [3.63, 3.8) is 0 Å². The molecule has 0 radical (unpaired) electrons. The predicted octanol–water partition coefficient (Wildman–Crippen LogP) is 3.98. The van der Waals surface area contributed by atoms with Crippen LogP contribution < -0.4 is 5.32 Å². The van der Waals surface area contributed by atoms with Gasteiger partial charge in [-0.05, 0) is 72.6 Å². The van der Waals surface area contributed by atoms with Crippen molar-refractivity contribution in [1.29, 1.82) is 0 Å². The van der Waals surface area contributed by atoms with Crippen molar-refractivity contribution in [2.45, 2.75) is 24.2 Å². The van der Waals surface area contributed by atoms with E-state index in [0.29, 0.717) is 28.6 Å². The Kier molecular flexibility index (Phi) is 7.95. The predicted molar refractivity (Wildman–Crippen MR) is 136 cm³/mol. The summed E-state index contributed by atoms with van der Waals surface area (Å²) in [6.07, 6.45) is 4.34. The van der Waals surface area contributed by atoms with Gasteiger partial charge in [0.05, 0.1) is 9.80 Å². The molecule has 184 valence electrons. The van der Waals surface area contributed by atoms with Crippen LogP contribution in [0.25, 0.3) is 6.08 Å². The fourth-order valence-electron chi connectivity index (χ4n) is 3.82. The van der Waals surface area contributed by atoms with Crippen LogP contribution in [0, 0.1) is 0 Å². The van der Waals surface area contributed by atoms with Crippen LogP contribution in [0.2, 0.25) is 5.02 Å². The van der Waals surface area contributed by atoms with Crippen molar-refractivity contribution in [3.05, 3.63) is 69.6 Å². The summed E-state index contributed by atoms with van der Waals surface area (Å²) in [7, 11) is -3.57. The van der Waals surface area contributed by atoms with Gasteiger partial charge in [-0.1, -0.05) is 30.2 Å². The average Bonchev–Trinajstić information content (AvgIpc) is 3.13. The normalized spacial score (nSPS) is 18.3. The highest BCUT2D eigenvalue weighted by Crippen LogP contribution is 2.32. The van der Waals surface area contributed by atoms with Crippen LogP contribution in [0.1, 0.15) is 35.2 Å². The number of nitrogens with one attached hydrogen (secondary N) is 1. The van der Waals surface area contributed by atoms with Gasteiger partial charge in [-0.2, -0.15) is 4.31 Å². The molecule has 0 unspecified atom stereocenters. The number of imide groups is 1. The molecule has 8 nitrogen and oxygen atoms in total. The third-order valence-corrected chi connectivity index (χ3v) is 8.80. The first-order valence-electron chi connectivity index (χ1n) is 11.1. The molecule has 3 amide bonds.